The first-order valence-corrected chi connectivity index (χ1v) is 13.1. The molecule has 0 saturated carbocycles. The van der Waals surface area contributed by atoms with Crippen molar-refractivity contribution in [2.24, 2.45) is 12.5 Å². The van der Waals surface area contributed by atoms with Crippen LogP contribution < -0.4 is 16.6 Å². The molecule has 1 amide bonds. The molecule has 2 aromatic carbocycles. The summed E-state index contributed by atoms with van der Waals surface area (Å²) >= 11 is 0. The minimum atomic E-state index is -0.896. The van der Waals surface area contributed by atoms with Gasteiger partial charge in [-0.1, -0.05) is 37.3 Å². The third kappa shape index (κ3) is 5.97. The van der Waals surface area contributed by atoms with E-state index in [4.69, 9.17) is 9.47 Å². The number of benzene rings is 2. The van der Waals surface area contributed by atoms with Gasteiger partial charge in [-0.3, -0.25) is 9.59 Å². The highest BCUT2D eigenvalue weighted by Crippen LogP contribution is 2.32. The van der Waals surface area contributed by atoms with Gasteiger partial charge in [-0.15, -0.1) is 0 Å². The van der Waals surface area contributed by atoms with Gasteiger partial charge in [0.25, 0.3) is 5.56 Å². The summed E-state index contributed by atoms with van der Waals surface area (Å²) in [5.74, 6) is -0.713. The van der Waals surface area contributed by atoms with Crippen molar-refractivity contribution in [3.63, 3.8) is 0 Å². The molecular weight excluding hydrogens is 500 g/mol. The predicted molar refractivity (Wildman–Crippen MR) is 148 cm³/mol. The van der Waals surface area contributed by atoms with Crippen LogP contribution in [0.2, 0.25) is 0 Å². The lowest BCUT2D eigenvalue weighted by molar-refractivity contribution is -0.147. The maximum Gasteiger partial charge on any atom is 0.335 e. The van der Waals surface area contributed by atoms with Crippen LogP contribution in [-0.4, -0.2) is 72.4 Å². The SMILES string of the molecule is COCCN1CCC(C)(C(=O)N[C@@H](Cc2cccc3c(-n4c(=O)ccn(C)c4=O)cccc23)C(=O)OC)CC1. The molecule has 0 radical (unpaired) electrons. The number of piperidine rings is 1. The van der Waals surface area contributed by atoms with Gasteiger partial charge in [-0.2, -0.15) is 0 Å². The number of carbonyl (C=O) groups excluding carboxylic acids is 2. The van der Waals surface area contributed by atoms with Crippen LogP contribution in [0.3, 0.4) is 0 Å². The molecule has 10 heteroatoms. The van der Waals surface area contributed by atoms with Crippen LogP contribution in [0.15, 0.2) is 58.3 Å². The highest BCUT2D eigenvalue weighted by atomic mass is 16.5. The van der Waals surface area contributed by atoms with Crippen molar-refractivity contribution in [3.05, 3.63) is 75.1 Å². The van der Waals surface area contributed by atoms with E-state index in [0.717, 1.165) is 35.2 Å². The molecule has 1 atom stereocenters. The van der Waals surface area contributed by atoms with Crippen molar-refractivity contribution in [2.45, 2.75) is 32.2 Å². The Morgan fingerprint density at radius 2 is 1.72 bits per heavy atom. The van der Waals surface area contributed by atoms with E-state index < -0.39 is 28.7 Å². The number of aromatic nitrogens is 2. The normalized spacial score (nSPS) is 16.1. The van der Waals surface area contributed by atoms with E-state index in [0.29, 0.717) is 30.5 Å². The molecule has 208 valence electrons. The van der Waals surface area contributed by atoms with Crippen molar-refractivity contribution in [1.29, 1.82) is 0 Å². The van der Waals surface area contributed by atoms with E-state index in [1.165, 1.54) is 23.9 Å². The zero-order valence-corrected chi connectivity index (χ0v) is 22.9. The second kappa shape index (κ2) is 12.0. The third-order valence-electron chi connectivity index (χ3n) is 7.72. The fraction of sp³-hybridized carbons (Fsp3) is 0.448. The van der Waals surface area contributed by atoms with Gasteiger partial charge in [0, 0.05) is 50.2 Å². The fourth-order valence-corrected chi connectivity index (χ4v) is 5.12. The number of esters is 1. The fourth-order valence-electron chi connectivity index (χ4n) is 5.12. The lowest BCUT2D eigenvalue weighted by Crippen LogP contribution is -2.52. The molecule has 1 N–H and O–H groups in total. The summed E-state index contributed by atoms with van der Waals surface area (Å²) in [4.78, 5) is 54.0. The number of methoxy groups -OCH3 is 2. The highest BCUT2D eigenvalue weighted by Gasteiger charge is 2.38. The van der Waals surface area contributed by atoms with Crippen molar-refractivity contribution < 1.29 is 19.1 Å². The lowest BCUT2D eigenvalue weighted by atomic mass is 9.79. The summed E-state index contributed by atoms with van der Waals surface area (Å²) in [6, 6.07) is 11.3. The zero-order chi connectivity index (χ0) is 28.2. The molecule has 1 aliphatic heterocycles. The molecule has 1 aliphatic rings. The number of hydrogen-bond donors (Lipinski definition) is 1. The minimum Gasteiger partial charge on any atom is -0.467 e. The van der Waals surface area contributed by atoms with Crippen LogP contribution in [0.1, 0.15) is 25.3 Å². The summed E-state index contributed by atoms with van der Waals surface area (Å²) in [7, 11) is 4.56. The van der Waals surface area contributed by atoms with Crippen LogP contribution >= 0.6 is 0 Å². The molecule has 3 aromatic rings. The van der Waals surface area contributed by atoms with E-state index in [-0.39, 0.29) is 12.3 Å². The molecule has 0 bridgehead atoms. The van der Waals surface area contributed by atoms with Gasteiger partial charge < -0.3 is 24.3 Å². The van der Waals surface area contributed by atoms with Crippen LogP contribution in [0.5, 0.6) is 0 Å². The zero-order valence-electron chi connectivity index (χ0n) is 22.9. The third-order valence-corrected chi connectivity index (χ3v) is 7.72. The number of aryl methyl sites for hydroxylation is 1. The van der Waals surface area contributed by atoms with E-state index in [9.17, 15) is 19.2 Å². The minimum absolute atomic E-state index is 0.176. The maximum atomic E-state index is 13.4. The first kappa shape index (κ1) is 28.3. The highest BCUT2D eigenvalue weighted by molar-refractivity contribution is 5.94. The topological polar surface area (TPSA) is 112 Å². The van der Waals surface area contributed by atoms with E-state index in [1.54, 1.807) is 26.3 Å². The maximum absolute atomic E-state index is 13.4. The predicted octanol–water partition coefficient (Wildman–Crippen LogP) is 1.64. The van der Waals surface area contributed by atoms with Crippen molar-refractivity contribution in [1.82, 2.24) is 19.4 Å². The van der Waals surface area contributed by atoms with Gasteiger partial charge in [-0.25, -0.2) is 14.2 Å². The molecule has 0 unspecified atom stereocenters. The van der Waals surface area contributed by atoms with Gasteiger partial charge in [0.1, 0.15) is 6.04 Å². The number of carbonyl (C=O) groups is 2. The number of rotatable bonds is 9. The number of hydrogen-bond acceptors (Lipinski definition) is 7. The Morgan fingerprint density at radius 1 is 1.03 bits per heavy atom. The standard InChI is InChI=1S/C29H36N4O6/c1-29(12-15-32(16-13-29)17-18-38-3)27(36)30-23(26(35)39-4)19-20-7-5-9-22-21(20)8-6-10-24(22)33-25(34)11-14-31(2)28(33)37/h5-11,14,23H,12-13,15-19H2,1-4H3,(H,30,36)/t23-/m0/s1. The van der Waals surface area contributed by atoms with E-state index in [2.05, 4.69) is 10.2 Å². The van der Waals surface area contributed by atoms with Gasteiger partial charge in [0.2, 0.25) is 5.91 Å². The molecule has 1 saturated heterocycles. The first-order valence-electron chi connectivity index (χ1n) is 13.1. The largest absolute Gasteiger partial charge is 0.467 e. The number of fused-ring (bicyclic) bond motifs is 1. The van der Waals surface area contributed by atoms with Gasteiger partial charge in [0.15, 0.2) is 0 Å². The molecule has 1 aromatic heterocycles. The molecule has 0 spiro atoms. The quantitative estimate of drug-likeness (QED) is 0.414. The Kier molecular flexibility index (Phi) is 8.66. The first-order chi connectivity index (χ1) is 18.7. The van der Waals surface area contributed by atoms with Crippen molar-refractivity contribution >= 4 is 22.6 Å². The van der Waals surface area contributed by atoms with Crippen LogP contribution in [0, 0.1) is 5.41 Å². The molecule has 0 aliphatic carbocycles. The smallest absolute Gasteiger partial charge is 0.335 e. The summed E-state index contributed by atoms with van der Waals surface area (Å²) in [6.45, 7) is 4.96. The number of nitrogens with one attached hydrogen (secondary N) is 1. The lowest BCUT2D eigenvalue weighted by Gasteiger charge is -2.38. The molecule has 10 nitrogen and oxygen atoms in total. The Bertz CT molecular complexity index is 1470. The average molecular weight is 537 g/mol. The molecule has 2 heterocycles. The van der Waals surface area contributed by atoms with Crippen LogP contribution in [0.25, 0.3) is 16.5 Å². The summed E-state index contributed by atoms with van der Waals surface area (Å²) in [5.41, 5.74) is -0.257. The number of amides is 1. The summed E-state index contributed by atoms with van der Waals surface area (Å²) in [5, 5.41) is 4.41. The summed E-state index contributed by atoms with van der Waals surface area (Å²) < 4.78 is 12.7. The average Bonchev–Trinajstić information content (AvgIpc) is 2.94. The molecule has 1 fully saturated rings. The van der Waals surface area contributed by atoms with Gasteiger partial charge in [-0.05, 0) is 42.9 Å². The number of nitrogens with zero attached hydrogens (tertiary/aromatic N) is 3. The van der Waals surface area contributed by atoms with Gasteiger partial charge >= 0.3 is 11.7 Å². The van der Waals surface area contributed by atoms with Crippen LogP contribution in [0.4, 0.5) is 0 Å². The second-order valence-corrected chi connectivity index (χ2v) is 10.3. The molecule has 4 rings (SSSR count). The summed E-state index contributed by atoms with van der Waals surface area (Å²) in [6.07, 6.45) is 2.98. The monoisotopic (exact) mass is 536 g/mol. The number of ether oxygens (including phenoxy) is 2. The van der Waals surface area contributed by atoms with E-state index >= 15 is 0 Å². The Balaban J connectivity index is 1.61. The van der Waals surface area contributed by atoms with Crippen molar-refractivity contribution in [3.8, 4) is 5.69 Å². The Morgan fingerprint density at radius 3 is 2.41 bits per heavy atom. The van der Waals surface area contributed by atoms with Gasteiger partial charge in [0.05, 0.1) is 19.4 Å². The Hall–Kier alpha value is -3.76. The van der Waals surface area contributed by atoms with E-state index in [1.807, 2.05) is 31.2 Å². The molecule has 39 heavy (non-hydrogen) atoms. The molecular formula is C29H36N4O6. The number of likely N-dealkylation sites (tertiary alicyclic amines) is 1. The Labute approximate surface area is 227 Å². The second-order valence-electron chi connectivity index (χ2n) is 10.3. The van der Waals surface area contributed by atoms with Crippen LogP contribution in [-0.2, 0) is 32.5 Å². The van der Waals surface area contributed by atoms with Crippen molar-refractivity contribution in [2.75, 3.05) is 40.5 Å².